The lowest BCUT2D eigenvalue weighted by atomic mass is 10.1. The molecular weight excluding hydrogens is 528 g/mol. The van der Waals surface area contributed by atoms with Gasteiger partial charge in [0.15, 0.2) is 16.9 Å². The minimum Gasteiger partial charge on any atom is -0.504 e. The predicted molar refractivity (Wildman–Crippen MR) is 162 cm³/mol. The number of benzene rings is 5. The molecule has 6 rings (SSSR count). The van der Waals surface area contributed by atoms with Gasteiger partial charge in [-0.05, 0) is 41.0 Å². The fourth-order valence-electron chi connectivity index (χ4n) is 4.57. The molecule has 1 N–H and O–H groups in total. The monoisotopic (exact) mass is 556 g/mol. The third kappa shape index (κ3) is 6.13. The van der Waals surface area contributed by atoms with Gasteiger partial charge < -0.3 is 23.7 Å². The van der Waals surface area contributed by atoms with Crippen molar-refractivity contribution in [3.8, 4) is 34.3 Å². The lowest BCUT2D eigenvalue weighted by Gasteiger charge is -2.17. The Labute approximate surface area is 243 Å². The van der Waals surface area contributed by atoms with Crippen LogP contribution in [0.3, 0.4) is 0 Å². The molecule has 0 unspecified atom stereocenters. The minimum atomic E-state index is -0.239. The lowest BCUT2D eigenvalue weighted by Crippen LogP contribution is -2.03. The Morgan fingerprint density at radius 2 is 1.17 bits per heavy atom. The molecule has 1 heterocycles. The van der Waals surface area contributed by atoms with Gasteiger partial charge in [-0.15, -0.1) is 0 Å². The van der Waals surface area contributed by atoms with Crippen LogP contribution >= 0.6 is 0 Å². The van der Waals surface area contributed by atoms with Gasteiger partial charge in [0.1, 0.15) is 36.9 Å². The Balaban J connectivity index is 1.33. The lowest BCUT2D eigenvalue weighted by molar-refractivity contribution is 0.246. The van der Waals surface area contributed by atoms with E-state index in [2.05, 4.69) is 0 Å². The second-order valence-electron chi connectivity index (χ2n) is 9.74. The Hall–Kier alpha value is -5.49. The molecular formula is C36H28O6. The van der Waals surface area contributed by atoms with Gasteiger partial charge in [0.2, 0.25) is 5.75 Å². The first-order valence-corrected chi connectivity index (χ1v) is 13.6. The fourth-order valence-corrected chi connectivity index (χ4v) is 4.57. The number of fused-ring (bicyclic) bond motifs is 1. The second kappa shape index (κ2) is 12.4. The minimum absolute atomic E-state index is 0.162. The number of hydrogen-bond acceptors (Lipinski definition) is 6. The first-order chi connectivity index (χ1) is 20.6. The summed E-state index contributed by atoms with van der Waals surface area (Å²) in [5.74, 6) is 1.11. The molecule has 6 nitrogen and oxygen atoms in total. The second-order valence-corrected chi connectivity index (χ2v) is 9.74. The van der Waals surface area contributed by atoms with E-state index in [0.717, 1.165) is 16.7 Å². The normalized spacial score (nSPS) is 10.9. The van der Waals surface area contributed by atoms with Gasteiger partial charge in [-0.25, -0.2) is 0 Å². The van der Waals surface area contributed by atoms with Gasteiger partial charge >= 0.3 is 0 Å². The molecule has 0 aliphatic rings. The summed E-state index contributed by atoms with van der Waals surface area (Å²) in [6, 6.07) is 39.0. The molecule has 0 atom stereocenters. The van der Waals surface area contributed by atoms with Crippen LogP contribution in [-0.2, 0) is 19.8 Å². The zero-order valence-electron chi connectivity index (χ0n) is 22.7. The van der Waals surface area contributed by atoms with Crippen molar-refractivity contribution in [1.29, 1.82) is 0 Å². The SMILES string of the molecule is O=c1cc(-c2ccc(OCc3ccccc3)c(OCc3ccccc3)c2O)oc2cc(OCc3ccccc3)ccc12. The molecule has 6 heteroatoms. The highest BCUT2D eigenvalue weighted by molar-refractivity contribution is 5.81. The first-order valence-electron chi connectivity index (χ1n) is 13.6. The van der Waals surface area contributed by atoms with Crippen LogP contribution in [0.4, 0.5) is 0 Å². The summed E-state index contributed by atoms with van der Waals surface area (Å²) < 4.78 is 24.2. The van der Waals surface area contributed by atoms with Crippen LogP contribution in [0.2, 0.25) is 0 Å². The van der Waals surface area contributed by atoms with Crippen molar-refractivity contribution in [1.82, 2.24) is 0 Å². The smallest absolute Gasteiger partial charge is 0.204 e. The third-order valence-electron chi connectivity index (χ3n) is 6.77. The summed E-state index contributed by atoms with van der Waals surface area (Å²) in [5, 5.41) is 11.8. The molecule has 0 saturated carbocycles. The number of ether oxygens (including phenoxy) is 3. The average Bonchev–Trinajstić information content (AvgIpc) is 3.03. The standard InChI is InChI=1S/C36H28O6/c37-31-21-34(42-33-20-28(16-17-29(31)33)39-22-25-10-4-1-5-11-25)30-18-19-32(40-23-26-12-6-2-7-13-26)36(35(30)38)41-24-27-14-8-3-9-15-27/h1-21,38H,22-24H2. The molecule has 0 aliphatic heterocycles. The highest BCUT2D eigenvalue weighted by Gasteiger charge is 2.20. The molecule has 1 aromatic heterocycles. The van der Waals surface area contributed by atoms with Crippen LogP contribution in [0.5, 0.6) is 23.0 Å². The quantitative estimate of drug-likeness (QED) is 0.185. The van der Waals surface area contributed by atoms with E-state index in [-0.39, 0.29) is 35.9 Å². The van der Waals surface area contributed by atoms with Gasteiger partial charge in [0, 0.05) is 12.1 Å². The van der Waals surface area contributed by atoms with E-state index in [1.54, 1.807) is 30.3 Å². The molecule has 0 saturated heterocycles. The molecule has 0 aliphatic carbocycles. The molecule has 5 aromatic carbocycles. The van der Waals surface area contributed by atoms with Crippen molar-refractivity contribution in [3.05, 3.63) is 154 Å². The van der Waals surface area contributed by atoms with Crippen molar-refractivity contribution in [2.24, 2.45) is 0 Å². The average molecular weight is 557 g/mol. The maximum absolute atomic E-state index is 13.1. The van der Waals surface area contributed by atoms with Crippen LogP contribution in [0.15, 0.2) is 137 Å². The molecule has 0 spiro atoms. The van der Waals surface area contributed by atoms with Crippen LogP contribution in [0.25, 0.3) is 22.3 Å². The highest BCUT2D eigenvalue weighted by Crippen LogP contribution is 2.44. The highest BCUT2D eigenvalue weighted by atomic mass is 16.5. The number of rotatable bonds is 10. The first kappa shape index (κ1) is 26.7. The van der Waals surface area contributed by atoms with E-state index in [1.165, 1.54) is 6.07 Å². The van der Waals surface area contributed by atoms with Crippen molar-refractivity contribution >= 4 is 11.0 Å². The summed E-state index contributed by atoms with van der Waals surface area (Å²) in [4.78, 5) is 13.1. The Morgan fingerprint density at radius 1 is 0.595 bits per heavy atom. The van der Waals surface area contributed by atoms with Crippen molar-refractivity contribution in [2.75, 3.05) is 0 Å². The largest absolute Gasteiger partial charge is 0.504 e. The summed E-state index contributed by atoms with van der Waals surface area (Å²) in [5.41, 5.74) is 3.34. The maximum atomic E-state index is 13.1. The van der Waals surface area contributed by atoms with E-state index in [9.17, 15) is 9.90 Å². The van der Waals surface area contributed by atoms with E-state index >= 15 is 0 Å². The van der Waals surface area contributed by atoms with E-state index in [1.807, 2.05) is 91.0 Å². The third-order valence-corrected chi connectivity index (χ3v) is 6.77. The van der Waals surface area contributed by atoms with Crippen LogP contribution in [0.1, 0.15) is 16.7 Å². The van der Waals surface area contributed by atoms with Gasteiger partial charge in [0.05, 0.1) is 10.9 Å². The molecule has 0 fully saturated rings. The summed E-state index contributed by atoms with van der Waals surface area (Å²) in [7, 11) is 0. The molecule has 0 bridgehead atoms. The van der Waals surface area contributed by atoms with Crippen molar-refractivity contribution in [2.45, 2.75) is 19.8 Å². The Kier molecular flexibility index (Phi) is 7.86. The van der Waals surface area contributed by atoms with Crippen LogP contribution in [0, 0.1) is 0 Å². The molecule has 0 amide bonds. The zero-order chi connectivity index (χ0) is 28.7. The van der Waals surface area contributed by atoms with Gasteiger partial charge in [-0.1, -0.05) is 91.0 Å². The number of phenolic OH excluding ortho intramolecular Hbond substituents is 1. The van der Waals surface area contributed by atoms with E-state index in [4.69, 9.17) is 18.6 Å². The Bertz CT molecular complexity index is 1850. The van der Waals surface area contributed by atoms with Gasteiger partial charge in [-0.2, -0.15) is 0 Å². The number of phenols is 1. The molecule has 0 radical (unpaired) electrons. The Morgan fingerprint density at radius 3 is 1.79 bits per heavy atom. The number of aromatic hydroxyl groups is 1. The van der Waals surface area contributed by atoms with E-state index in [0.29, 0.717) is 34.6 Å². The van der Waals surface area contributed by atoms with Crippen LogP contribution in [-0.4, -0.2) is 5.11 Å². The van der Waals surface area contributed by atoms with Gasteiger partial charge in [0.25, 0.3) is 0 Å². The zero-order valence-corrected chi connectivity index (χ0v) is 22.7. The predicted octanol–water partition coefficient (Wildman–Crippen LogP) is 7.90. The number of hydrogen-bond donors (Lipinski definition) is 1. The summed E-state index contributed by atoms with van der Waals surface area (Å²) in [6.45, 7) is 0.880. The molecule has 42 heavy (non-hydrogen) atoms. The van der Waals surface area contributed by atoms with E-state index < -0.39 is 0 Å². The molecule has 6 aromatic rings. The maximum Gasteiger partial charge on any atom is 0.204 e. The summed E-state index contributed by atoms with van der Waals surface area (Å²) in [6.07, 6.45) is 0. The summed E-state index contributed by atoms with van der Waals surface area (Å²) >= 11 is 0. The van der Waals surface area contributed by atoms with Crippen molar-refractivity contribution < 1.29 is 23.7 Å². The van der Waals surface area contributed by atoms with Gasteiger partial charge in [-0.3, -0.25) is 4.79 Å². The molecule has 208 valence electrons. The van der Waals surface area contributed by atoms with Crippen LogP contribution < -0.4 is 19.6 Å². The fraction of sp³-hybridized carbons (Fsp3) is 0.0833. The topological polar surface area (TPSA) is 78.1 Å². The van der Waals surface area contributed by atoms with Crippen molar-refractivity contribution in [3.63, 3.8) is 0 Å².